The highest BCUT2D eigenvalue weighted by Gasteiger charge is 2.19. The summed E-state index contributed by atoms with van der Waals surface area (Å²) in [6.45, 7) is 4.09. The van der Waals surface area contributed by atoms with Crippen LogP contribution in [0.2, 0.25) is 0 Å². The Morgan fingerprint density at radius 1 is 1.35 bits per heavy atom. The van der Waals surface area contributed by atoms with Gasteiger partial charge in [-0.2, -0.15) is 0 Å². The molecule has 9 nitrogen and oxygen atoms in total. The van der Waals surface area contributed by atoms with Crippen molar-refractivity contribution in [3.8, 4) is 0 Å². The number of benzene rings is 1. The minimum absolute atomic E-state index is 0.0457. The van der Waals surface area contributed by atoms with Gasteiger partial charge in [0.15, 0.2) is 0 Å². The molecule has 0 heterocycles. The molecular formula is C13H20N4O5S. The third-order valence-electron chi connectivity index (χ3n) is 3.23. The highest BCUT2D eigenvalue weighted by atomic mass is 32.2. The lowest BCUT2D eigenvalue weighted by molar-refractivity contribution is -0.383. The fraction of sp³-hybridized carbons (Fsp3) is 0.462. The molecule has 3 N–H and O–H groups in total. The van der Waals surface area contributed by atoms with Crippen LogP contribution in [0.15, 0.2) is 18.2 Å². The molecule has 0 atom stereocenters. The maximum absolute atomic E-state index is 12.0. The predicted molar refractivity (Wildman–Crippen MR) is 86.5 cm³/mol. The van der Waals surface area contributed by atoms with Gasteiger partial charge in [-0.25, -0.2) is 12.7 Å². The number of rotatable bonds is 8. The average Bonchev–Trinajstić information content (AvgIpc) is 2.47. The van der Waals surface area contributed by atoms with E-state index in [1.54, 1.807) is 13.8 Å². The molecule has 0 aromatic heterocycles. The van der Waals surface area contributed by atoms with Crippen LogP contribution in [0.25, 0.3) is 0 Å². The average molecular weight is 344 g/mol. The van der Waals surface area contributed by atoms with E-state index in [0.717, 1.165) is 6.07 Å². The number of amides is 1. The van der Waals surface area contributed by atoms with E-state index in [-0.39, 0.29) is 29.2 Å². The minimum Gasteiger partial charge on any atom is -0.393 e. The second-order valence-corrected chi connectivity index (χ2v) is 6.78. The SMILES string of the molecule is CCN(CC)S(=O)(=O)CCNC(=O)c1ccc(N)c([N+](=O)[O-])c1. The number of nitro benzene ring substituents is 1. The Morgan fingerprint density at radius 3 is 2.48 bits per heavy atom. The van der Waals surface area contributed by atoms with Gasteiger partial charge in [0.1, 0.15) is 5.69 Å². The van der Waals surface area contributed by atoms with Crippen LogP contribution in [0.4, 0.5) is 11.4 Å². The van der Waals surface area contributed by atoms with Crippen LogP contribution >= 0.6 is 0 Å². The first kappa shape index (κ1) is 18.8. The van der Waals surface area contributed by atoms with Gasteiger partial charge >= 0.3 is 0 Å². The summed E-state index contributed by atoms with van der Waals surface area (Å²) in [4.78, 5) is 22.1. The number of hydrogen-bond acceptors (Lipinski definition) is 6. The lowest BCUT2D eigenvalue weighted by Crippen LogP contribution is -2.37. The number of nitrogen functional groups attached to an aromatic ring is 1. The van der Waals surface area contributed by atoms with Gasteiger partial charge in [0.2, 0.25) is 10.0 Å². The number of nitro groups is 1. The van der Waals surface area contributed by atoms with Crippen LogP contribution in [-0.2, 0) is 10.0 Å². The van der Waals surface area contributed by atoms with Gasteiger partial charge in [-0.05, 0) is 12.1 Å². The first-order valence-electron chi connectivity index (χ1n) is 7.02. The molecule has 0 aliphatic heterocycles. The molecule has 1 amide bonds. The zero-order chi connectivity index (χ0) is 17.6. The zero-order valence-electron chi connectivity index (χ0n) is 13.0. The van der Waals surface area contributed by atoms with Crippen molar-refractivity contribution in [1.29, 1.82) is 0 Å². The Kier molecular flexibility index (Phi) is 6.46. The van der Waals surface area contributed by atoms with Gasteiger partial charge in [-0.3, -0.25) is 14.9 Å². The molecule has 0 fully saturated rings. The lowest BCUT2D eigenvalue weighted by Gasteiger charge is -2.18. The van der Waals surface area contributed by atoms with Crippen molar-refractivity contribution in [2.45, 2.75) is 13.8 Å². The van der Waals surface area contributed by atoms with Gasteiger partial charge in [-0.1, -0.05) is 13.8 Å². The van der Waals surface area contributed by atoms with Crippen molar-refractivity contribution < 1.29 is 18.1 Å². The Morgan fingerprint density at radius 2 is 1.96 bits per heavy atom. The Hall–Kier alpha value is -2.20. The van der Waals surface area contributed by atoms with Crippen LogP contribution in [0, 0.1) is 10.1 Å². The summed E-state index contributed by atoms with van der Waals surface area (Å²) < 4.78 is 25.2. The molecule has 0 aliphatic rings. The number of carbonyl (C=O) groups is 1. The highest BCUT2D eigenvalue weighted by molar-refractivity contribution is 7.89. The normalized spacial score (nSPS) is 11.4. The molecule has 0 spiro atoms. The Bertz CT molecular complexity index is 686. The number of sulfonamides is 1. The fourth-order valence-corrected chi connectivity index (χ4v) is 3.39. The van der Waals surface area contributed by atoms with Gasteiger partial charge in [0.25, 0.3) is 11.6 Å². The molecule has 0 radical (unpaired) electrons. The van der Waals surface area contributed by atoms with E-state index in [1.807, 2.05) is 0 Å². The first-order chi connectivity index (χ1) is 10.7. The molecular weight excluding hydrogens is 324 g/mol. The molecule has 0 aliphatic carbocycles. The third-order valence-corrected chi connectivity index (χ3v) is 5.26. The Balaban J connectivity index is 2.71. The highest BCUT2D eigenvalue weighted by Crippen LogP contribution is 2.22. The summed E-state index contributed by atoms with van der Waals surface area (Å²) in [5, 5.41) is 13.2. The summed E-state index contributed by atoms with van der Waals surface area (Å²) in [7, 11) is -3.44. The lowest BCUT2D eigenvalue weighted by atomic mass is 10.1. The summed E-state index contributed by atoms with van der Waals surface area (Å²) in [6.07, 6.45) is 0. The van der Waals surface area contributed by atoms with E-state index in [0.29, 0.717) is 13.1 Å². The van der Waals surface area contributed by atoms with E-state index in [1.165, 1.54) is 16.4 Å². The predicted octanol–water partition coefficient (Wildman–Crippen LogP) is 0.578. The second kappa shape index (κ2) is 7.88. The van der Waals surface area contributed by atoms with Crippen molar-refractivity contribution >= 4 is 27.3 Å². The molecule has 1 rings (SSSR count). The van der Waals surface area contributed by atoms with Crippen molar-refractivity contribution in [1.82, 2.24) is 9.62 Å². The van der Waals surface area contributed by atoms with Crippen LogP contribution in [0.5, 0.6) is 0 Å². The van der Waals surface area contributed by atoms with E-state index in [2.05, 4.69) is 5.32 Å². The molecule has 10 heteroatoms. The largest absolute Gasteiger partial charge is 0.393 e. The monoisotopic (exact) mass is 344 g/mol. The van der Waals surface area contributed by atoms with E-state index in [9.17, 15) is 23.3 Å². The van der Waals surface area contributed by atoms with E-state index < -0.39 is 20.9 Å². The van der Waals surface area contributed by atoms with Crippen molar-refractivity contribution in [2.24, 2.45) is 0 Å². The van der Waals surface area contributed by atoms with Crippen molar-refractivity contribution in [3.63, 3.8) is 0 Å². The van der Waals surface area contributed by atoms with Crippen LogP contribution in [-0.4, -0.2) is 48.9 Å². The standard InChI is InChI=1S/C13H20N4O5S/c1-3-16(4-2)23(21,22)8-7-15-13(18)10-5-6-11(14)12(9-10)17(19)20/h5-6,9H,3-4,7-8,14H2,1-2H3,(H,15,18). The molecule has 0 saturated heterocycles. The summed E-state index contributed by atoms with van der Waals surface area (Å²) in [5.74, 6) is -0.833. The number of nitrogens with one attached hydrogen (secondary N) is 1. The minimum atomic E-state index is -3.44. The zero-order valence-corrected chi connectivity index (χ0v) is 13.8. The molecule has 0 saturated carbocycles. The second-order valence-electron chi connectivity index (χ2n) is 4.69. The summed E-state index contributed by atoms with van der Waals surface area (Å²) in [6, 6.07) is 3.67. The molecule has 0 unspecified atom stereocenters. The molecule has 128 valence electrons. The van der Waals surface area contributed by atoms with E-state index >= 15 is 0 Å². The third kappa shape index (κ3) is 4.89. The number of nitrogens with two attached hydrogens (primary N) is 1. The van der Waals surface area contributed by atoms with Gasteiger partial charge < -0.3 is 11.1 Å². The molecule has 1 aromatic carbocycles. The van der Waals surface area contributed by atoms with Crippen LogP contribution in [0.3, 0.4) is 0 Å². The van der Waals surface area contributed by atoms with Gasteiger partial charge in [0.05, 0.1) is 10.7 Å². The van der Waals surface area contributed by atoms with Crippen molar-refractivity contribution in [2.75, 3.05) is 31.1 Å². The summed E-state index contributed by atoms with van der Waals surface area (Å²) >= 11 is 0. The molecule has 1 aromatic rings. The van der Waals surface area contributed by atoms with Crippen LogP contribution in [0.1, 0.15) is 24.2 Å². The quantitative estimate of drug-likeness (QED) is 0.402. The Labute approximate surface area is 134 Å². The van der Waals surface area contributed by atoms with Crippen molar-refractivity contribution in [3.05, 3.63) is 33.9 Å². The smallest absolute Gasteiger partial charge is 0.292 e. The maximum atomic E-state index is 12.0. The van der Waals surface area contributed by atoms with Gasteiger partial charge in [-0.15, -0.1) is 0 Å². The fourth-order valence-electron chi connectivity index (χ4n) is 1.98. The first-order valence-corrected chi connectivity index (χ1v) is 8.63. The molecule has 0 bridgehead atoms. The number of carbonyl (C=O) groups excluding carboxylic acids is 1. The topological polar surface area (TPSA) is 136 Å². The van der Waals surface area contributed by atoms with Gasteiger partial charge in [0, 0.05) is 31.3 Å². The molecule has 23 heavy (non-hydrogen) atoms. The van der Waals surface area contributed by atoms with E-state index in [4.69, 9.17) is 5.73 Å². The number of nitrogens with zero attached hydrogens (tertiary/aromatic N) is 2. The van der Waals surface area contributed by atoms with Crippen LogP contribution < -0.4 is 11.1 Å². The number of anilines is 1. The maximum Gasteiger partial charge on any atom is 0.292 e. The number of hydrogen-bond donors (Lipinski definition) is 2. The summed E-state index contributed by atoms with van der Waals surface area (Å²) in [5.41, 5.74) is 5.09.